The smallest absolute Gasteiger partial charge is 0.241 e. The molecule has 1 aromatic carbocycles. The monoisotopic (exact) mass is 312 g/mol. The van der Waals surface area contributed by atoms with Crippen LogP contribution < -0.4 is 10.0 Å². The molecule has 1 aromatic rings. The molecule has 5 nitrogen and oxygen atoms in total. The van der Waals surface area contributed by atoms with Gasteiger partial charge in [-0.05, 0) is 55.9 Å². The lowest BCUT2D eigenvalue weighted by molar-refractivity contribution is 0.129. The van der Waals surface area contributed by atoms with Gasteiger partial charge < -0.3 is 10.1 Å². The molecule has 0 bridgehead atoms. The summed E-state index contributed by atoms with van der Waals surface area (Å²) in [5.41, 5.74) is 2.40. The van der Waals surface area contributed by atoms with Gasteiger partial charge in [-0.15, -0.1) is 0 Å². The van der Waals surface area contributed by atoms with Crippen molar-refractivity contribution in [2.24, 2.45) is 5.92 Å². The fourth-order valence-corrected chi connectivity index (χ4v) is 3.84. The fraction of sp³-hybridized carbons (Fsp3) is 0.600. The highest BCUT2D eigenvalue weighted by Crippen LogP contribution is 2.28. The van der Waals surface area contributed by atoms with Crippen molar-refractivity contribution in [3.05, 3.63) is 23.3 Å². The first-order chi connectivity index (χ1) is 9.94. The van der Waals surface area contributed by atoms with Crippen LogP contribution in [0.1, 0.15) is 24.0 Å². The van der Waals surface area contributed by atoms with Gasteiger partial charge in [0.15, 0.2) is 0 Å². The number of ether oxygens (including phenoxy) is 1. The SMILES string of the molecule is CNc1cc(C)c(S(=O)(=O)NCCOCC2CC2)c(C)c1. The summed E-state index contributed by atoms with van der Waals surface area (Å²) < 4.78 is 32.9. The molecule has 1 saturated carbocycles. The Balaban J connectivity index is 1.97. The summed E-state index contributed by atoms with van der Waals surface area (Å²) in [5, 5.41) is 3.03. The molecule has 1 aliphatic carbocycles. The van der Waals surface area contributed by atoms with Gasteiger partial charge in [0.05, 0.1) is 11.5 Å². The lowest BCUT2D eigenvalue weighted by Crippen LogP contribution is -2.29. The summed E-state index contributed by atoms with van der Waals surface area (Å²) >= 11 is 0. The van der Waals surface area contributed by atoms with Crippen molar-refractivity contribution in [2.45, 2.75) is 31.6 Å². The Morgan fingerprint density at radius 3 is 2.38 bits per heavy atom. The first-order valence-electron chi connectivity index (χ1n) is 7.30. The van der Waals surface area contributed by atoms with Crippen molar-refractivity contribution in [3.63, 3.8) is 0 Å². The van der Waals surface area contributed by atoms with Crippen LogP contribution in [0.2, 0.25) is 0 Å². The van der Waals surface area contributed by atoms with E-state index in [0.29, 0.717) is 24.0 Å². The highest BCUT2D eigenvalue weighted by Gasteiger charge is 2.22. The van der Waals surface area contributed by atoms with Crippen molar-refractivity contribution in [1.82, 2.24) is 4.72 Å². The van der Waals surface area contributed by atoms with Gasteiger partial charge in [0, 0.05) is 25.9 Å². The van der Waals surface area contributed by atoms with Crippen LogP contribution >= 0.6 is 0 Å². The van der Waals surface area contributed by atoms with Crippen LogP contribution in [0.5, 0.6) is 0 Å². The first-order valence-corrected chi connectivity index (χ1v) is 8.79. The van der Waals surface area contributed by atoms with E-state index in [1.165, 1.54) is 12.8 Å². The van der Waals surface area contributed by atoms with Gasteiger partial charge in [-0.25, -0.2) is 13.1 Å². The van der Waals surface area contributed by atoms with E-state index in [1.807, 2.05) is 33.0 Å². The number of aryl methyl sites for hydroxylation is 2. The number of hydrogen-bond donors (Lipinski definition) is 2. The van der Waals surface area contributed by atoms with Crippen molar-refractivity contribution in [2.75, 3.05) is 32.1 Å². The number of rotatable bonds is 8. The van der Waals surface area contributed by atoms with E-state index in [0.717, 1.165) is 23.4 Å². The summed E-state index contributed by atoms with van der Waals surface area (Å²) in [5.74, 6) is 0.695. The molecule has 2 N–H and O–H groups in total. The molecule has 6 heteroatoms. The second-order valence-electron chi connectivity index (χ2n) is 5.61. The number of anilines is 1. The average Bonchev–Trinajstić information content (AvgIpc) is 3.21. The zero-order chi connectivity index (χ0) is 15.5. The third kappa shape index (κ3) is 4.43. The molecule has 0 saturated heterocycles. The molecule has 0 unspecified atom stereocenters. The Morgan fingerprint density at radius 1 is 1.24 bits per heavy atom. The van der Waals surface area contributed by atoms with E-state index in [9.17, 15) is 8.42 Å². The van der Waals surface area contributed by atoms with Crippen LogP contribution in [-0.2, 0) is 14.8 Å². The van der Waals surface area contributed by atoms with Crippen LogP contribution in [0, 0.1) is 19.8 Å². The van der Waals surface area contributed by atoms with Gasteiger partial charge in [0.1, 0.15) is 0 Å². The molecule has 2 rings (SSSR count). The van der Waals surface area contributed by atoms with Crippen LogP contribution in [0.4, 0.5) is 5.69 Å². The summed E-state index contributed by atoms with van der Waals surface area (Å²) in [7, 11) is -1.67. The van der Waals surface area contributed by atoms with E-state index < -0.39 is 10.0 Å². The highest BCUT2D eigenvalue weighted by atomic mass is 32.2. The van der Waals surface area contributed by atoms with Gasteiger partial charge in [0.25, 0.3) is 0 Å². The van der Waals surface area contributed by atoms with E-state index in [1.54, 1.807) is 0 Å². The highest BCUT2D eigenvalue weighted by molar-refractivity contribution is 7.89. The van der Waals surface area contributed by atoms with Crippen LogP contribution in [0.3, 0.4) is 0 Å². The molecular weight excluding hydrogens is 288 g/mol. The molecule has 0 spiro atoms. The maximum atomic E-state index is 12.4. The minimum Gasteiger partial charge on any atom is -0.388 e. The predicted octanol–water partition coefficient (Wildman–Crippen LogP) is 2.05. The Hall–Kier alpha value is -1.11. The van der Waals surface area contributed by atoms with Crippen LogP contribution in [0.15, 0.2) is 17.0 Å². The molecule has 118 valence electrons. The van der Waals surface area contributed by atoms with Crippen LogP contribution in [-0.4, -0.2) is 35.2 Å². The zero-order valence-electron chi connectivity index (χ0n) is 12.9. The second kappa shape index (κ2) is 6.77. The van der Waals surface area contributed by atoms with Crippen molar-refractivity contribution in [3.8, 4) is 0 Å². The minimum atomic E-state index is -3.49. The molecule has 0 amide bonds. The first kappa shape index (κ1) is 16.3. The van der Waals surface area contributed by atoms with Gasteiger partial charge >= 0.3 is 0 Å². The van der Waals surface area contributed by atoms with Gasteiger partial charge in [-0.3, -0.25) is 0 Å². The van der Waals surface area contributed by atoms with Crippen LogP contribution in [0.25, 0.3) is 0 Å². The van der Waals surface area contributed by atoms with Gasteiger partial charge in [0.2, 0.25) is 10.0 Å². The summed E-state index contributed by atoms with van der Waals surface area (Å²) in [6.45, 7) is 5.10. The van der Waals surface area contributed by atoms with Crippen molar-refractivity contribution < 1.29 is 13.2 Å². The molecule has 0 atom stereocenters. The Bertz CT molecular complexity index is 572. The van der Waals surface area contributed by atoms with Gasteiger partial charge in [-0.1, -0.05) is 0 Å². The number of sulfonamides is 1. The molecule has 1 aliphatic rings. The van der Waals surface area contributed by atoms with Crippen molar-refractivity contribution >= 4 is 15.7 Å². The van der Waals surface area contributed by atoms with Gasteiger partial charge in [-0.2, -0.15) is 0 Å². The number of nitrogens with one attached hydrogen (secondary N) is 2. The van der Waals surface area contributed by atoms with Crippen molar-refractivity contribution in [1.29, 1.82) is 0 Å². The molecular formula is C15H24N2O3S. The lowest BCUT2D eigenvalue weighted by Gasteiger charge is -2.14. The summed E-state index contributed by atoms with van der Waals surface area (Å²) in [4.78, 5) is 0.365. The Labute approximate surface area is 127 Å². The Morgan fingerprint density at radius 2 is 1.86 bits per heavy atom. The summed E-state index contributed by atoms with van der Waals surface area (Å²) in [6, 6.07) is 3.68. The quantitative estimate of drug-likeness (QED) is 0.721. The van der Waals surface area contributed by atoms with E-state index >= 15 is 0 Å². The Kier molecular flexibility index (Phi) is 5.24. The van der Waals surface area contributed by atoms with E-state index in [2.05, 4.69) is 10.0 Å². The van der Waals surface area contributed by atoms with E-state index in [4.69, 9.17) is 4.74 Å². The average molecular weight is 312 g/mol. The molecule has 0 radical (unpaired) electrons. The predicted molar refractivity (Wildman–Crippen MR) is 84.2 cm³/mol. The maximum absolute atomic E-state index is 12.4. The second-order valence-corrected chi connectivity index (χ2v) is 7.31. The normalized spacial score (nSPS) is 15.2. The third-order valence-electron chi connectivity index (χ3n) is 3.61. The lowest BCUT2D eigenvalue weighted by atomic mass is 10.1. The molecule has 1 fully saturated rings. The van der Waals surface area contributed by atoms with E-state index in [-0.39, 0.29) is 0 Å². The number of benzene rings is 1. The zero-order valence-corrected chi connectivity index (χ0v) is 13.7. The molecule has 0 aromatic heterocycles. The largest absolute Gasteiger partial charge is 0.388 e. The molecule has 0 heterocycles. The third-order valence-corrected chi connectivity index (χ3v) is 5.37. The summed E-state index contributed by atoms with van der Waals surface area (Å²) in [6.07, 6.45) is 2.48. The minimum absolute atomic E-state index is 0.307. The maximum Gasteiger partial charge on any atom is 0.241 e. The standard InChI is InChI=1S/C15H24N2O3S/c1-11-8-14(16-3)9-12(2)15(11)21(18,19)17-6-7-20-10-13-4-5-13/h8-9,13,16-17H,4-7,10H2,1-3H3. The topological polar surface area (TPSA) is 67.4 Å². The molecule has 21 heavy (non-hydrogen) atoms. The number of hydrogen-bond acceptors (Lipinski definition) is 4. The molecule has 0 aliphatic heterocycles. The fourth-order valence-electron chi connectivity index (χ4n) is 2.37.